The van der Waals surface area contributed by atoms with E-state index in [1.54, 1.807) is 0 Å². The van der Waals surface area contributed by atoms with Crippen LogP contribution in [0.1, 0.15) is 94.6 Å². The molecule has 0 bridgehead atoms. The molecule has 8 nitrogen and oxygen atoms in total. The summed E-state index contributed by atoms with van der Waals surface area (Å²) in [6, 6.07) is 4.23. The normalized spacial score (nSPS) is 20.8. The van der Waals surface area contributed by atoms with Crippen LogP contribution in [0.25, 0.3) is 0 Å². The van der Waals surface area contributed by atoms with Crippen LogP contribution in [0.2, 0.25) is 0 Å². The third kappa shape index (κ3) is 5.52. The largest absolute Gasteiger partial charge is 0.481 e. The van der Waals surface area contributed by atoms with E-state index in [1.807, 2.05) is 6.20 Å². The monoisotopic (exact) mass is 491 g/mol. The number of anilines is 1. The number of pyridine rings is 1. The molecule has 0 unspecified atom stereocenters. The van der Waals surface area contributed by atoms with Crippen LogP contribution in [0.15, 0.2) is 23.3 Å². The van der Waals surface area contributed by atoms with E-state index in [0.29, 0.717) is 30.9 Å². The van der Waals surface area contributed by atoms with Crippen molar-refractivity contribution in [1.82, 2.24) is 15.0 Å². The van der Waals surface area contributed by atoms with Gasteiger partial charge < -0.3 is 14.7 Å². The number of hydrogen-bond donors (Lipinski definition) is 1. The second-order valence-electron chi connectivity index (χ2n) is 10.8. The van der Waals surface area contributed by atoms with Gasteiger partial charge in [-0.3, -0.25) is 9.78 Å². The Bertz CT molecular complexity index is 1110. The number of nitrogens with zero attached hydrogens (tertiary/aromatic N) is 5. The molecule has 192 valence electrons. The fourth-order valence-corrected chi connectivity index (χ4v) is 5.57. The van der Waals surface area contributed by atoms with Crippen molar-refractivity contribution in [2.24, 2.45) is 16.8 Å². The lowest BCUT2D eigenvalue weighted by molar-refractivity contribution is -0.138. The number of hydrogen-bond acceptors (Lipinski definition) is 7. The Balaban J connectivity index is 1.21. The highest BCUT2D eigenvalue weighted by Crippen LogP contribution is 2.40. The zero-order valence-corrected chi connectivity index (χ0v) is 21.4. The van der Waals surface area contributed by atoms with Crippen LogP contribution in [-0.4, -0.2) is 45.0 Å². The Hall–Kier alpha value is -3.03. The molecule has 3 aliphatic rings. The molecule has 1 N–H and O–H groups in total. The minimum atomic E-state index is -0.690. The summed E-state index contributed by atoms with van der Waals surface area (Å²) < 4.78 is 6.03. The van der Waals surface area contributed by atoms with E-state index in [2.05, 4.69) is 30.9 Å². The Labute approximate surface area is 213 Å². The minimum Gasteiger partial charge on any atom is -0.481 e. The van der Waals surface area contributed by atoms with Gasteiger partial charge in [-0.05, 0) is 56.1 Å². The number of aryl methyl sites for hydroxylation is 1. The van der Waals surface area contributed by atoms with Crippen molar-refractivity contribution in [3.05, 3.63) is 35.4 Å². The van der Waals surface area contributed by atoms with Gasteiger partial charge in [-0.15, -0.1) is 0 Å². The van der Waals surface area contributed by atoms with E-state index in [4.69, 9.17) is 29.8 Å². The molecule has 8 heteroatoms. The fraction of sp³-hybridized carbons (Fsp3) is 0.607. The second-order valence-corrected chi connectivity index (χ2v) is 10.8. The molecule has 0 aromatic carbocycles. The zero-order chi connectivity index (χ0) is 25.1. The molecule has 2 aromatic rings. The topological polar surface area (TPSA) is 101 Å². The number of aliphatic imine (C=N–C) groups is 1. The van der Waals surface area contributed by atoms with Gasteiger partial charge in [0.2, 0.25) is 5.88 Å². The van der Waals surface area contributed by atoms with Crippen molar-refractivity contribution < 1.29 is 14.6 Å². The maximum atomic E-state index is 11.0. The van der Waals surface area contributed by atoms with Crippen LogP contribution < -0.4 is 9.64 Å². The lowest BCUT2D eigenvalue weighted by Crippen LogP contribution is -2.36. The summed E-state index contributed by atoms with van der Waals surface area (Å²) in [5.74, 6) is 3.86. The first-order valence-corrected chi connectivity index (χ1v) is 13.6. The van der Waals surface area contributed by atoms with Crippen molar-refractivity contribution >= 4 is 23.3 Å². The van der Waals surface area contributed by atoms with E-state index < -0.39 is 5.97 Å². The molecule has 0 saturated heterocycles. The SMILES string of the molecule is CC(C)CCCCCc1nc2c3c(n1)OCCN(c1ccc(C4CCC(CC(=O)O)CC4)nc1)C3=N2. The summed E-state index contributed by atoms with van der Waals surface area (Å²) in [5.41, 5.74) is 3.00. The van der Waals surface area contributed by atoms with E-state index in [9.17, 15) is 4.79 Å². The maximum Gasteiger partial charge on any atom is 0.303 e. The van der Waals surface area contributed by atoms with Gasteiger partial charge in [0.15, 0.2) is 11.7 Å². The molecule has 0 spiro atoms. The van der Waals surface area contributed by atoms with Gasteiger partial charge in [0.1, 0.15) is 18.0 Å². The fourth-order valence-electron chi connectivity index (χ4n) is 5.57. The zero-order valence-electron chi connectivity index (χ0n) is 21.4. The van der Waals surface area contributed by atoms with Crippen LogP contribution in [0.4, 0.5) is 11.5 Å². The summed E-state index contributed by atoms with van der Waals surface area (Å²) in [5, 5.41) is 9.05. The van der Waals surface area contributed by atoms with E-state index >= 15 is 0 Å². The first-order valence-electron chi connectivity index (χ1n) is 13.6. The molecule has 5 rings (SSSR count). The molecular weight excluding hydrogens is 454 g/mol. The predicted molar refractivity (Wildman–Crippen MR) is 139 cm³/mol. The number of carboxylic acids is 1. The van der Waals surface area contributed by atoms with Gasteiger partial charge in [0.25, 0.3) is 0 Å². The maximum absolute atomic E-state index is 11.0. The van der Waals surface area contributed by atoms with Crippen molar-refractivity contribution in [3.8, 4) is 5.88 Å². The summed E-state index contributed by atoms with van der Waals surface area (Å²) in [4.78, 5) is 32.1. The highest BCUT2D eigenvalue weighted by Gasteiger charge is 2.35. The Morgan fingerprint density at radius 3 is 2.69 bits per heavy atom. The average Bonchev–Trinajstić information content (AvgIpc) is 3.00. The average molecular weight is 492 g/mol. The number of aliphatic carboxylic acids is 1. The quantitative estimate of drug-likeness (QED) is 0.427. The van der Waals surface area contributed by atoms with Crippen LogP contribution in [-0.2, 0) is 11.2 Å². The number of carboxylic acid groups (broad SMARTS) is 1. The van der Waals surface area contributed by atoms with Gasteiger partial charge in [-0.1, -0.05) is 33.1 Å². The van der Waals surface area contributed by atoms with Crippen molar-refractivity contribution in [2.45, 2.75) is 84.0 Å². The van der Waals surface area contributed by atoms with Gasteiger partial charge >= 0.3 is 5.97 Å². The third-order valence-corrected chi connectivity index (χ3v) is 7.64. The van der Waals surface area contributed by atoms with Gasteiger partial charge in [0.05, 0.1) is 18.4 Å². The first kappa shape index (κ1) is 24.7. The number of amidine groups is 1. The first-order chi connectivity index (χ1) is 17.5. The summed E-state index contributed by atoms with van der Waals surface area (Å²) in [7, 11) is 0. The second kappa shape index (κ2) is 10.9. The molecule has 2 aliphatic heterocycles. The number of aromatic nitrogens is 3. The summed E-state index contributed by atoms with van der Waals surface area (Å²) in [6.45, 7) is 5.75. The molecular formula is C28H37N5O3. The van der Waals surface area contributed by atoms with Gasteiger partial charge in [-0.2, -0.15) is 4.98 Å². The molecule has 36 heavy (non-hydrogen) atoms. The Morgan fingerprint density at radius 1 is 1.14 bits per heavy atom. The molecule has 1 fully saturated rings. The Morgan fingerprint density at radius 2 is 1.97 bits per heavy atom. The van der Waals surface area contributed by atoms with Gasteiger partial charge in [0, 0.05) is 24.5 Å². The number of rotatable bonds is 10. The van der Waals surface area contributed by atoms with Crippen molar-refractivity contribution in [1.29, 1.82) is 0 Å². The van der Waals surface area contributed by atoms with Crippen molar-refractivity contribution in [2.75, 3.05) is 18.1 Å². The summed E-state index contributed by atoms with van der Waals surface area (Å²) >= 11 is 0. The molecule has 1 aliphatic carbocycles. The molecule has 0 amide bonds. The molecule has 1 saturated carbocycles. The molecule has 2 aromatic heterocycles. The van der Waals surface area contributed by atoms with Crippen LogP contribution in [0.3, 0.4) is 0 Å². The molecule has 4 heterocycles. The van der Waals surface area contributed by atoms with E-state index in [-0.39, 0.29) is 6.42 Å². The van der Waals surface area contributed by atoms with E-state index in [1.165, 1.54) is 19.3 Å². The van der Waals surface area contributed by atoms with Crippen LogP contribution >= 0.6 is 0 Å². The molecule has 0 atom stereocenters. The van der Waals surface area contributed by atoms with E-state index in [0.717, 1.165) is 78.9 Å². The highest BCUT2D eigenvalue weighted by molar-refractivity contribution is 6.20. The standard InChI is InChI=1S/C28H37N5O3/c1-18(2)6-4-3-5-7-23-30-26-25-27(32-26)33(14-15-36-28(25)31-23)21-12-13-22(29-17-21)20-10-8-19(9-11-20)16-24(34)35/h12-13,17-20H,3-11,14-16H2,1-2H3,(H,34,35). The lowest BCUT2D eigenvalue weighted by atomic mass is 9.79. The van der Waals surface area contributed by atoms with Crippen LogP contribution in [0, 0.1) is 11.8 Å². The highest BCUT2D eigenvalue weighted by atomic mass is 16.5. The van der Waals surface area contributed by atoms with Crippen molar-refractivity contribution in [3.63, 3.8) is 0 Å². The van der Waals surface area contributed by atoms with Gasteiger partial charge in [-0.25, -0.2) is 9.98 Å². The predicted octanol–water partition coefficient (Wildman–Crippen LogP) is 5.67. The summed E-state index contributed by atoms with van der Waals surface area (Å²) in [6.07, 6.45) is 11.8. The molecule has 0 radical (unpaired) electrons. The number of ether oxygens (including phenoxy) is 1. The Kier molecular flexibility index (Phi) is 7.48. The third-order valence-electron chi connectivity index (χ3n) is 7.64. The number of carbonyl (C=O) groups is 1. The number of unbranched alkanes of at least 4 members (excludes halogenated alkanes) is 2. The lowest BCUT2D eigenvalue weighted by Gasteiger charge is -2.29. The smallest absolute Gasteiger partial charge is 0.303 e. The van der Waals surface area contributed by atoms with Crippen LogP contribution in [0.5, 0.6) is 5.88 Å². The minimum absolute atomic E-state index is 0.283.